The zero-order chi connectivity index (χ0) is 68.7. The third-order valence-corrected chi connectivity index (χ3v) is 16.0. The van der Waals surface area contributed by atoms with Crippen molar-refractivity contribution >= 4 is 77.9 Å². The largest absolute Gasteiger partial charge is 0.466 e. The normalized spacial score (nSPS) is 15.5. The second-order valence-electron chi connectivity index (χ2n) is 20.2. The first-order chi connectivity index (χ1) is 41.4. The number of ether oxygens (including phenoxy) is 5. The van der Waals surface area contributed by atoms with Crippen molar-refractivity contribution in [1.82, 2.24) is 20.3 Å². The lowest BCUT2D eigenvalue weighted by atomic mass is 10.2. The Labute approximate surface area is 541 Å². The number of benzene rings is 3. The van der Waals surface area contributed by atoms with E-state index in [9.17, 15) is 46.8 Å². The van der Waals surface area contributed by atoms with Crippen molar-refractivity contribution in [2.24, 2.45) is 23.5 Å². The molecule has 31 heteroatoms. The van der Waals surface area contributed by atoms with Crippen LogP contribution in [0.15, 0.2) is 91.0 Å². The van der Waals surface area contributed by atoms with Crippen molar-refractivity contribution in [3.05, 3.63) is 108 Å². The molecule has 0 spiro atoms. The van der Waals surface area contributed by atoms with Crippen LogP contribution < -0.4 is 26.1 Å². The van der Waals surface area contributed by atoms with Crippen molar-refractivity contribution in [2.45, 2.75) is 134 Å². The molecule has 25 nitrogen and oxygen atoms in total. The van der Waals surface area contributed by atoms with Gasteiger partial charge in [-0.1, -0.05) is 146 Å². The summed E-state index contributed by atoms with van der Waals surface area (Å²) < 4.78 is 96.4. The smallest absolute Gasteiger partial charge is 0.325 e. The Balaban J connectivity index is -0.000000503. The van der Waals surface area contributed by atoms with Gasteiger partial charge in [0.1, 0.15) is 12.1 Å². The van der Waals surface area contributed by atoms with Gasteiger partial charge < -0.3 is 52.8 Å². The van der Waals surface area contributed by atoms with Gasteiger partial charge in [-0.15, -0.1) is 0 Å². The molecule has 3 rings (SSSR count). The Hall–Kier alpha value is -3.95. The molecule has 0 aromatic heterocycles. The van der Waals surface area contributed by atoms with Crippen LogP contribution in [0.4, 0.5) is 0 Å². The number of halogens is 1. The molecule has 0 bridgehead atoms. The number of unbranched alkanes of at least 4 members (excludes halogenated alkanes) is 2. The molecule has 520 valence electrons. The van der Waals surface area contributed by atoms with Gasteiger partial charge in [0.25, 0.3) is 21.8 Å². The molecule has 10 unspecified atom stereocenters. The predicted molar refractivity (Wildman–Crippen MR) is 358 cm³/mol. The van der Waals surface area contributed by atoms with E-state index in [0.29, 0.717) is 39.6 Å². The number of carbonyl (C=O) groups is 5. The molecular formula is C59H107ClN5O20P5. The van der Waals surface area contributed by atoms with Crippen LogP contribution in [0, 0.1) is 17.8 Å². The quantitative estimate of drug-likeness (QED) is 0.0126. The predicted octanol–water partition coefficient (Wildman–Crippen LogP) is 11.9. The highest BCUT2D eigenvalue weighted by atomic mass is 35.7. The highest BCUT2D eigenvalue weighted by molar-refractivity contribution is 7.84. The summed E-state index contributed by atoms with van der Waals surface area (Å²) in [7, 11) is -12.5. The highest BCUT2D eigenvalue weighted by Gasteiger charge is 2.26. The monoisotopic (exact) mass is 1400 g/mol. The summed E-state index contributed by atoms with van der Waals surface area (Å²) in [6.07, 6.45) is 3.69. The molecule has 0 radical (unpaired) electrons. The molecule has 0 amide bonds. The summed E-state index contributed by atoms with van der Waals surface area (Å²) in [4.78, 5) is 74.0. The number of esters is 5. The van der Waals surface area contributed by atoms with Gasteiger partial charge in [-0.2, -0.15) is 0 Å². The molecule has 0 saturated heterocycles. The van der Waals surface area contributed by atoms with Crippen LogP contribution in [0.1, 0.15) is 119 Å². The fourth-order valence-corrected chi connectivity index (χ4v) is 9.91. The molecular weight excluding hydrogens is 1290 g/mol. The maximum absolute atomic E-state index is 12.4. The highest BCUT2D eigenvalue weighted by Crippen LogP contribution is 2.48. The lowest BCUT2D eigenvalue weighted by molar-refractivity contribution is -0.148. The van der Waals surface area contributed by atoms with Crippen LogP contribution in [0.3, 0.4) is 0 Å². The minimum absolute atomic E-state index is 0. The topological polar surface area (TPSA) is 359 Å². The van der Waals surface area contributed by atoms with Crippen LogP contribution >= 0.6 is 48.0 Å². The number of carbonyl (C=O) groups excluding carboxylic acids is 5. The summed E-state index contributed by atoms with van der Waals surface area (Å²) in [5.41, 5.74) is 8.07. The van der Waals surface area contributed by atoms with E-state index >= 15 is 0 Å². The molecule has 0 aliphatic heterocycles. The average Bonchev–Trinajstić information content (AvgIpc) is 3.17. The molecule has 0 fully saturated rings. The molecule has 0 aliphatic rings. The van der Waals surface area contributed by atoms with Gasteiger partial charge in [-0.3, -0.25) is 51.9 Å². The van der Waals surface area contributed by atoms with E-state index in [0.717, 1.165) is 42.4 Å². The Morgan fingerprint density at radius 2 is 0.822 bits per heavy atom. The third kappa shape index (κ3) is 57.9. The number of hydrogen-bond acceptors (Lipinski definition) is 19. The zero-order valence-corrected chi connectivity index (χ0v) is 59.8. The van der Waals surface area contributed by atoms with Gasteiger partial charge in [-0.05, 0) is 75.4 Å². The van der Waals surface area contributed by atoms with Crippen LogP contribution in [0.5, 0.6) is 0 Å². The van der Waals surface area contributed by atoms with Crippen molar-refractivity contribution in [3.8, 4) is 0 Å². The van der Waals surface area contributed by atoms with Crippen LogP contribution in [0.2, 0.25) is 0 Å². The summed E-state index contributed by atoms with van der Waals surface area (Å²) in [6, 6.07) is 27.1. The molecule has 0 saturated carbocycles. The number of hydrogen-bond donors (Lipinski definition) is 7. The SMILES string of the molecule is C.CCCCOC(=O)C(C)N.CCCCOC(=O)C(C)NP(C)(=O)NCC(C)C(=O)OCC.CCOC(=O)C(C)CNP(C)(=O)O.CCOC(=O)C(C)CNP(C)(=O)OCc1ccccc1.CP(=O)(Cl)OCc1ccccc1.CP(=O)(O)OCc1ccccc1. The van der Waals surface area contributed by atoms with Gasteiger partial charge in [0.15, 0.2) is 0 Å². The molecule has 3 aromatic carbocycles. The van der Waals surface area contributed by atoms with E-state index in [2.05, 4.69) is 20.3 Å². The summed E-state index contributed by atoms with van der Waals surface area (Å²) in [5, 5.41) is 10.7. The van der Waals surface area contributed by atoms with Crippen molar-refractivity contribution < 1.29 is 93.8 Å². The fourth-order valence-electron chi connectivity index (χ4n) is 5.73. The van der Waals surface area contributed by atoms with Crippen LogP contribution in [0.25, 0.3) is 0 Å². The fraction of sp³-hybridized carbons (Fsp3) is 0.610. The summed E-state index contributed by atoms with van der Waals surface area (Å²) in [5.74, 6) is -2.93. The molecule has 10 atom stereocenters. The lowest BCUT2D eigenvalue weighted by Gasteiger charge is -2.21. The Morgan fingerprint density at radius 3 is 1.14 bits per heavy atom. The molecule has 0 heterocycles. The van der Waals surface area contributed by atoms with Crippen molar-refractivity contribution in [2.75, 3.05) is 86.0 Å². The number of rotatable bonds is 34. The molecule has 0 aliphatic carbocycles. The zero-order valence-electron chi connectivity index (χ0n) is 54.6. The second-order valence-corrected chi connectivity index (χ2v) is 32.4. The van der Waals surface area contributed by atoms with Crippen molar-refractivity contribution in [3.63, 3.8) is 0 Å². The molecule has 3 aromatic rings. The maximum Gasteiger partial charge on any atom is 0.325 e. The Bertz CT molecular complexity index is 2580. The van der Waals surface area contributed by atoms with E-state index < -0.39 is 66.7 Å². The summed E-state index contributed by atoms with van der Waals surface area (Å²) >= 11 is 5.42. The van der Waals surface area contributed by atoms with E-state index in [1.54, 1.807) is 55.4 Å². The average molecular weight is 1400 g/mol. The first kappa shape index (κ1) is 92.5. The van der Waals surface area contributed by atoms with Gasteiger partial charge in [0, 0.05) is 53.0 Å². The third-order valence-electron chi connectivity index (χ3n) is 10.7. The second kappa shape index (κ2) is 52.4. The van der Waals surface area contributed by atoms with E-state index in [4.69, 9.17) is 64.0 Å². The minimum Gasteiger partial charge on any atom is -0.466 e. The first-order valence-corrected chi connectivity index (χ1v) is 40.4. The van der Waals surface area contributed by atoms with Gasteiger partial charge in [-0.25, -0.2) is 15.3 Å². The lowest BCUT2D eigenvalue weighted by Crippen LogP contribution is -2.38. The van der Waals surface area contributed by atoms with E-state index in [-0.39, 0.29) is 70.1 Å². The molecule has 8 N–H and O–H groups in total. The first-order valence-electron chi connectivity index (χ1n) is 29.1. The summed E-state index contributed by atoms with van der Waals surface area (Å²) in [6.45, 7) is 24.6. The Kier molecular flexibility index (Phi) is 53.9. The standard InChI is InChI=1S/C14H29N2O5P.C14H22NO4P.C8H10ClO2P.C8H11O3P.C7H16NO4P.C7H15NO2.CH4/c1-6-8-9-21-14(18)12(4)16-22(5,19)15-10-11(3)13(17)20-7-2;1-4-18-14(16)12(2)10-15-20(3,17)19-11-13-8-6-5-7-9-13;2*1-12(9,10)11-7-8-5-3-2-4-6-8;1-4-12-7(9)6(2)5-8-13(3,10)11;1-3-4-5-10-7(9)6(2)8;/h11-12H,6-10H2,1-5H3,(H2,15,16,19);5-9,12H,4,10-11H2,1-3H3,(H,15,17);2-6H,7H2,1H3;2-6H,7H2,1H3,(H,9,10);6H,4-5H2,1-3H3,(H2,8,10,11);6H,3-5,8H2,1-2H3;1H4. The van der Waals surface area contributed by atoms with Gasteiger partial charge in [0.05, 0.1) is 70.6 Å². The minimum atomic E-state index is -3.33. The van der Waals surface area contributed by atoms with Gasteiger partial charge in [0.2, 0.25) is 7.44 Å². The maximum atomic E-state index is 12.4. The Morgan fingerprint density at radius 1 is 0.489 bits per heavy atom. The van der Waals surface area contributed by atoms with E-state index in [1.165, 1.54) is 33.3 Å². The molecule has 90 heavy (non-hydrogen) atoms. The number of nitrogens with two attached hydrogens (primary N) is 1. The van der Waals surface area contributed by atoms with Crippen LogP contribution in [-0.4, -0.2) is 138 Å². The van der Waals surface area contributed by atoms with Crippen LogP contribution in [-0.2, 0) is 104 Å². The number of nitrogens with one attached hydrogen (secondary N) is 4. The van der Waals surface area contributed by atoms with Gasteiger partial charge >= 0.3 is 37.4 Å². The van der Waals surface area contributed by atoms with Crippen molar-refractivity contribution in [1.29, 1.82) is 0 Å². The van der Waals surface area contributed by atoms with E-state index in [1.807, 2.05) is 105 Å².